The minimum atomic E-state index is -0.155. The van der Waals surface area contributed by atoms with Gasteiger partial charge in [0.2, 0.25) is 5.95 Å². The number of nitrogens with zero attached hydrogens (tertiary/aromatic N) is 4. The highest BCUT2D eigenvalue weighted by Gasteiger charge is 2.09. The van der Waals surface area contributed by atoms with Crippen LogP contribution in [-0.4, -0.2) is 28.8 Å². The number of carbonyl (C=O) groups excluding carboxylic acids is 1. The van der Waals surface area contributed by atoms with Crippen molar-refractivity contribution in [2.45, 2.75) is 6.92 Å². The molecule has 0 fully saturated rings. The lowest BCUT2D eigenvalue weighted by Crippen LogP contribution is -2.24. The molecule has 1 aliphatic heterocycles. The first kappa shape index (κ1) is 18.4. The summed E-state index contributed by atoms with van der Waals surface area (Å²) in [6, 6.07) is 16.7. The quantitative estimate of drug-likeness (QED) is 0.691. The van der Waals surface area contributed by atoms with Gasteiger partial charge in [-0.3, -0.25) is 4.79 Å². The van der Waals surface area contributed by atoms with Crippen molar-refractivity contribution in [3.63, 3.8) is 0 Å². The molecule has 1 aromatic heterocycles. The van der Waals surface area contributed by atoms with Crippen molar-refractivity contribution in [1.82, 2.24) is 9.97 Å². The highest BCUT2D eigenvalue weighted by atomic mass is 16.1. The second kappa shape index (κ2) is 8.35. The molecule has 1 aliphatic rings. The van der Waals surface area contributed by atoms with E-state index in [2.05, 4.69) is 25.6 Å². The second-order valence-corrected chi connectivity index (χ2v) is 6.57. The van der Waals surface area contributed by atoms with Gasteiger partial charge in [0.05, 0.1) is 6.34 Å². The summed E-state index contributed by atoms with van der Waals surface area (Å²) >= 11 is 0. The van der Waals surface area contributed by atoms with E-state index in [-0.39, 0.29) is 5.91 Å². The van der Waals surface area contributed by atoms with Gasteiger partial charge in [-0.2, -0.15) is 4.98 Å². The van der Waals surface area contributed by atoms with Crippen LogP contribution in [0.2, 0.25) is 0 Å². The Bertz CT molecular complexity index is 1070. The van der Waals surface area contributed by atoms with Crippen LogP contribution in [0, 0.1) is 6.92 Å². The van der Waals surface area contributed by atoms with Crippen LogP contribution in [0.5, 0.6) is 0 Å². The summed E-state index contributed by atoms with van der Waals surface area (Å²) in [6.07, 6.45) is 7.13. The first-order valence-corrected chi connectivity index (χ1v) is 9.20. The average molecular weight is 384 g/mol. The Labute approximate surface area is 168 Å². The van der Waals surface area contributed by atoms with Crippen LogP contribution in [0.1, 0.15) is 15.9 Å². The molecule has 7 heteroatoms. The molecule has 29 heavy (non-hydrogen) atoms. The van der Waals surface area contributed by atoms with E-state index in [1.807, 2.05) is 72.5 Å². The van der Waals surface area contributed by atoms with Gasteiger partial charge in [-0.15, -0.1) is 0 Å². The fourth-order valence-electron chi connectivity index (χ4n) is 2.82. The first-order valence-electron chi connectivity index (χ1n) is 9.20. The molecule has 2 heterocycles. The van der Waals surface area contributed by atoms with E-state index in [1.165, 1.54) is 0 Å². The fraction of sp³-hybridized carbons (Fsp3) is 0.0909. The number of hydrogen-bond donors (Lipinski definition) is 2. The van der Waals surface area contributed by atoms with E-state index in [9.17, 15) is 4.79 Å². The van der Waals surface area contributed by atoms with Gasteiger partial charge in [0.1, 0.15) is 5.82 Å². The maximum Gasteiger partial charge on any atom is 0.255 e. The van der Waals surface area contributed by atoms with Crippen molar-refractivity contribution in [2.24, 2.45) is 4.99 Å². The predicted octanol–water partition coefficient (Wildman–Crippen LogP) is 4.14. The number of amides is 1. The van der Waals surface area contributed by atoms with Crippen LogP contribution in [0.15, 0.2) is 78.1 Å². The topological polar surface area (TPSA) is 82.5 Å². The third-order valence-corrected chi connectivity index (χ3v) is 4.33. The molecule has 0 aliphatic carbocycles. The predicted molar refractivity (Wildman–Crippen MR) is 116 cm³/mol. The normalized spacial score (nSPS) is 12.7. The van der Waals surface area contributed by atoms with E-state index in [0.717, 1.165) is 17.1 Å². The van der Waals surface area contributed by atoms with Crippen molar-refractivity contribution in [3.05, 3.63) is 84.2 Å². The molecule has 2 N–H and O–H groups in total. The molecule has 1 amide bonds. The smallest absolute Gasteiger partial charge is 0.255 e. The monoisotopic (exact) mass is 384 g/mol. The molecule has 7 nitrogen and oxygen atoms in total. The SMILES string of the molecule is Cc1ccc(C(=O)Nc2cccc(Nc3nccc(N4C=NC=CC4)n3)c2)cc1. The minimum absolute atomic E-state index is 0.155. The van der Waals surface area contributed by atoms with E-state index in [1.54, 1.807) is 18.7 Å². The van der Waals surface area contributed by atoms with Crippen LogP contribution in [0.3, 0.4) is 0 Å². The zero-order chi connectivity index (χ0) is 20.1. The Balaban J connectivity index is 1.46. The number of hydrogen-bond acceptors (Lipinski definition) is 6. The third kappa shape index (κ3) is 4.65. The van der Waals surface area contributed by atoms with Gasteiger partial charge < -0.3 is 15.5 Å². The average Bonchev–Trinajstić information content (AvgIpc) is 2.75. The number of benzene rings is 2. The van der Waals surface area contributed by atoms with Crippen molar-refractivity contribution < 1.29 is 4.79 Å². The van der Waals surface area contributed by atoms with E-state index >= 15 is 0 Å². The van der Waals surface area contributed by atoms with Gasteiger partial charge >= 0.3 is 0 Å². The van der Waals surface area contributed by atoms with Crippen molar-refractivity contribution >= 4 is 35.4 Å². The summed E-state index contributed by atoms with van der Waals surface area (Å²) in [5.74, 6) is 1.06. The highest BCUT2D eigenvalue weighted by molar-refractivity contribution is 6.04. The summed E-state index contributed by atoms with van der Waals surface area (Å²) in [5, 5.41) is 6.10. The lowest BCUT2D eigenvalue weighted by atomic mass is 10.1. The van der Waals surface area contributed by atoms with Gasteiger partial charge in [-0.05, 0) is 49.4 Å². The minimum Gasteiger partial charge on any atom is -0.324 e. The molecule has 0 bridgehead atoms. The maximum atomic E-state index is 12.4. The summed E-state index contributed by atoms with van der Waals surface area (Å²) in [5.41, 5.74) is 3.19. The summed E-state index contributed by atoms with van der Waals surface area (Å²) in [4.78, 5) is 27.3. The summed E-state index contributed by atoms with van der Waals surface area (Å²) < 4.78 is 0. The van der Waals surface area contributed by atoms with Crippen LogP contribution < -0.4 is 15.5 Å². The van der Waals surface area contributed by atoms with Gasteiger partial charge in [0.25, 0.3) is 5.91 Å². The zero-order valence-corrected chi connectivity index (χ0v) is 15.9. The van der Waals surface area contributed by atoms with E-state index < -0.39 is 0 Å². The maximum absolute atomic E-state index is 12.4. The Hall–Kier alpha value is -4.00. The molecule has 0 unspecified atom stereocenters. The van der Waals surface area contributed by atoms with Crippen LogP contribution in [0.4, 0.5) is 23.1 Å². The number of aromatic nitrogens is 2. The van der Waals surface area contributed by atoms with Crippen LogP contribution >= 0.6 is 0 Å². The number of rotatable bonds is 5. The first-order chi connectivity index (χ1) is 14.2. The standard InChI is InChI=1S/C22H20N6O/c1-16-6-8-17(9-7-16)21(29)25-18-4-2-5-19(14-18)26-22-24-12-10-20(27-22)28-13-3-11-23-15-28/h2-12,14-15H,13H2,1H3,(H,25,29)(H,24,26,27). The Morgan fingerprint density at radius 2 is 1.90 bits per heavy atom. The Morgan fingerprint density at radius 1 is 1.07 bits per heavy atom. The highest BCUT2D eigenvalue weighted by Crippen LogP contribution is 2.20. The number of anilines is 4. The molecule has 2 aromatic carbocycles. The third-order valence-electron chi connectivity index (χ3n) is 4.33. The molecular formula is C22H20N6O. The molecule has 0 saturated heterocycles. The zero-order valence-electron chi connectivity index (χ0n) is 15.9. The molecule has 0 atom stereocenters. The van der Waals surface area contributed by atoms with Gasteiger partial charge in [-0.1, -0.05) is 23.8 Å². The van der Waals surface area contributed by atoms with Gasteiger partial charge in [0.15, 0.2) is 0 Å². The molecular weight excluding hydrogens is 364 g/mol. The molecule has 0 radical (unpaired) electrons. The van der Waals surface area contributed by atoms with E-state index in [4.69, 9.17) is 0 Å². The van der Waals surface area contributed by atoms with Crippen molar-refractivity contribution in [2.75, 3.05) is 22.1 Å². The lowest BCUT2D eigenvalue weighted by Gasteiger charge is -2.18. The molecule has 4 rings (SSSR count). The van der Waals surface area contributed by atoms with E-state index in [0.29, 0.717) is 23.7 Å². The fourth-order valence-corrected chi connectivity index (χ4v) is 2.82. The number of nitrogens with one attached hydrogen (secondary N) is 2. The molecule has 0 spiro atoms. The van der Waals surface area contributed by atoms with Crippen LogP contribution in [-0.2, 0) is 0 Å². The number of aryl methyl sites for hydroxylation is 1. The number of carbonyl (C=O) groups is 1. The van der Waals surface area contributed by atoms with Crippen molar-refractivity contribution in [1.29, 1.82) is 0 Å². The second-order valence-electron chi connectivity index (χ2n) is 6.57. The summed E-state index contributed by atoms with van der Waals surface area (Å²) in [6.45, 7) is 2.70. The Kier molecular flexibility index (Phi) is 5.29. The molecule has 3 aromatic rings. The largest absolute Gasteiger partial charge is 0.324 e. The Morgan fingerprint density at radius 3 is 2.69 bits per heavy atom. The van der Waals surface area contributed by atoms with Gasteiger partial charge in [-0.25, -0.2) is 9.98 Å². The van der Waals surface area contributed by atoms with Gasteiger partial charge in [0, 0.05) is 35.9 Å². The van der Waals surface area contributed by atoms with Crippen LogP contribution in [0.25, 0.3) is 0 Å². The summed E-state index contributed by atoms with van der Waals surface area (Å²) in [7, 11) is 0. The molecule has 144 valence electrons. The molecule has 0 saturated carbocycles. The number of aliphatic imine (C=N–C) groups is 1. The van der Waals surface area contributed by atoms with Crippen molar-refractivity contribution in [3.8, 4) is 0 Å². The lowest BCUT2D eigenvalue weighted by molar-refractivity contribution is 0.102.